The maximum Gasteiger partial charge on any atom is -0.0348 e. The fraction of sp³-hybridized carbons (Fsp3) is 0.615. The highest BCUT2D eigenvalue weighted by molar-refractivity contribution is 4.88. The van der Waals surface area contributed by atoms with Crippen molar-refractivity contribution in [2.45, 2.75) is 51.4 Å². The summed E-state index contributed by atoms with van der Waals surface area (Å²) in [4.78, 5) is 0. The van der Waals surface area contributed by atoms with E-state index in [-0.39, 0.29) is 0 Å². The summed E-state index contributed by atoms with van der Waals surface area (Å²) in [6.45, 7) is 0. The molecule has 0 heteroatoms. The van der Waals surface area contributed by atoms with Gasteiger partial charge in [-0.05, 0) is 57.8 Å². The third kappa shape index (κ3) is 6.62. The van der Waals surface area contributed by atoms with Crippen molar-refractivity contribution >= 4 is 0 Å². The summed E-state index contributed by atoms with van der Waals surface area (Å²) in [7, 11) is 0. The van der Waals surface area contributed by atoms with Gasteiger partial charge in [-0.2, -0.15) is 0 Å². The minimum absolute atomic E-state index is 1.24. The molecular weight excluding hydrogens is 156 g/mol. The summed E-state index contributed by atoms with van der Waals surface area (Å²) >= 11 is 0. The second-order valence-electron chi connectivity index (χ2n) is 3.67. The zero-order valence-electron chi connectivity index (χ0n) is 8.54. The van der Waals surface area contributed by atoms with Crippen molar-refractivity contribution in [2.75, 3.05) is 0 Å². The molecule has 0 unspecified atom stereocenters. The van der Waals surface area contributed by atoms with Gasteiger partial charge in [-0.25, -0.2) is 0 Å². The van der Waals surface area contributed by atoms with Crippen LogP contribution < -0.4 is 0 Å². The highest BCUT2D eigenvalue weighted by atomic mass is 13.9. The van der Waals surface area contributed by atoms with Gasteiger partial charge in [0, 0.05) is 0 Å². The van der Waals surface area contributed by atoms with Gasteiger partial charge in [0.25, 0.3) is 0 Å². The van der Waals surface area contributed by atoms with E-state index >= 15 is 0 Å². The maximum absolute atomic E-state index is 2.41. The van der Waals surface area contributed by atoms with Gasteiger partial charge in [0.2, 0.25) is 0 Å². The first-order valence-electron chi connectivity index (χ1n) is 5.62. The predicted molar refractivity (Wildman–Crippen MR) is 59.5 cm³/mol. The van der Waals surface area contributed by atoms with Crippen LogP contribution in [0.25, 0.3) is 0 Å². The lowest BCUT2D eigenvalue weighted by atomic mass is 10.1. The number of hydrogen-bond acceptors (Lipinski definition) is 0. The predicted octanol–water partition coefficient (Wildman–Crippen LogP) is 4.44. The molecule has 73 valence electrons. The molecule has 0 saturated carbocycles. The number of allylic oxidation sites excluding steroid dienone is 4. The Hall–Kier alpha value is -0.520. The van der Waals surface area contributed by atoms with Crippen molar-refractivity contribution in [2.24, 2.45) is 0 Å². The summed E-state index contributed by atoms with van der Waals surface area (Å²) in [6.07, 6.45) is 22.0. The third-order valence-corrected chi connectivity index (χ3v) is 2.40. The molecule has 0 spiro atoms. The molecule has 0 aliphatic heterocycles. The van der Waals surface area contributed by atoms with Gasteiger partial charge in [-0.3, -0.25) is 0 Å². The van der Waals surface area contributed by atoms with E-state index in [1.54, 1.807) is 0 Å². The molecule has 0 amide bonds. The largest absolute Gasteiger partial charge is 0.0885 e. The van der Waals surface area contributed by atoms with E-state index in [1.165, 1.54) is 51.4 Å². The highest BCUT2D eigenvalue weighted by Gasteiger charge is 1.88. The lowest BCUT2D eigenvalue weighted by molar-refractivity contribution is 0.759. The lowest BCUT2D eigenvalue weighted by Crippen LogP contribution is -1.75. The summed E-state index contributed by atoms with van der Waals surface area (Å²) in [5, 5.41) is 0. The molecule has 1 aliphatic carbocycles. The first-order valence-corrected chi connectivity index (χ1v) is 5.62. The molecule has 0 nitrogen and oxygen atoms in total. The Bertz CT molecular complexity index is 135. The average Bonchev–Trinajstić information content (AvgIpc) is 2.18. The standard InChI is InChI=1S/C13H21/c1-2-4-6-8-10-12-13-11-9-7-5-3-1/h1-2,7,12-13H,3-6,8-11H2/b2-1-,13-12+. The molecular formula is C13H21. The quantitative estimate of drug-likeness (QED) is 0.480. The molecule has 1 radical (unpaired) electrons. The van der Waals surface area contributed by atoms with Gasteiger partial charge >= 0.3 is 0 Å². The van der Waals surface area contributed by atoms with Gasteiger partial charge in [0.15, 0.2) is 0 Å². The normalized spacial score (nSPS) is 26.5. The van der Waals surface area contributed by atoms with Crippen molar-refractivity contribution in [3.8, 4) is 0 Å². The van der Waals surface area contributed by atoms with Crippen LogP contribution in [0.15, 0.2) is 24.3 Å². The Morgan fingerprint density at radius 3 is 1.46 bits per heavy atom. The van der Waals surface area contributed by atoms with E-state index in [4.69, 9.17) is 0 Å². The molecule has 0 bridgehead atoms. The number of hydrogen-bond donors (Lipinski definition) is 0. The topological polar surface area (TPSA) is 0 Å². The molecule has 0 aromatic carbocycles. The molecule has 0 aromatic rings. The Kier molecular flexibility index (Phi) is 6.58. The van der Waals surface area contributed by atoms with Gasteiger partial charge in [0.05, 0.1) is 0 Å². The Morgan fingerprint density at radius 1 is 0.462 bits per heavy atom. The second kappa shape index (κ2) is 8.10. The van der Waals surface area contributed by atoms with Crippen molar-refractivity contribution in [1.29, 1.82) is 0 Å². The molecule has 0 N–H and O–H groups in total. The van der Waals surface area contributed by atoms with Crippen LogP contribution in [0, 0.1) is 6.42 Å². The molecule has 0 heterocycles. The lowest BCUT2D eigenvalue weighted by Gasteiger charge is -1.93. The maximum atomic E-state index is 2.41. The summed E-state index contributed by atoms with van der Waals surface area (Å²) in [5.41, 5.74) is 0. The average molecular weight is 177 g/mol. The zero-order chi connectivity index (χ0) is 9.19. The molecule has 0 fully saturated rings. The van der Waals surface area contributed by atoms with Crippen molar-refractivity contribution in [1.82, 2.24) is 0 Å². The van der Waals surface area contributed by atoms with E-state index in [0.29, 0.717) is 0 Å². The van der Waals surface area contributed by atoms with E-state index in [0.717, 1.165) is 0 Å². The fourth-order valence-corrected chi connectivity index (χ4v) is 1.57. The summed E-state index contributed by atoms with van der Waals surface area (Å²) in [5.74, 6) is 0. The second-order valence-corrected chi connectivity index (χ2v) is 3.67. The zero-order valence-corrected chi connectivity index (χ0v) is 8.54. The van der Waals surface area contributed by atoms with Gasteiger partial charge in [0.1, 0.15) is 0 Å². The van der Waals surface area contributed by atoms with Crippen molar-refractivity contribution in [3.63, 3.8) is 0 Å². The highest BCUT2D eigenvalue weighted by Crippen LogP contribution is 2.08. The van der Waals surface area contributed by atoms with E-state index in [1.807, 2.05) is 0 Å². The number of rotatable bonds is 0. The van der Waals surface area contributed by atoms with Crippen LogP contribution in [0.2, 0.25) is 0 Å². The van der Waals surface area contributed by atoms with Crippen LogP contribution in [0.1, 0.15) is 51.4 Å². The molecule has 0 aromatic heterocycles. The summed E-state index contributed by atoms with van der Waals surface area (Å²) in [6, 6.07) is 0. The van der Waals surface area contributed by atoms with Gasteiger partial charge < -0.3 is 0 Å². The van der Waals surface area contributed by atoms with Crippen LogP contribution in [-0.4, -0.2) is 0 Å². The molecule has 0 saturated heterocycles. The minimum atomic E-state index is 1.24. The van der Waals surface area contributed by atoms with Crippen molar-refractivity contribution in [3.05, 3.63) is 30.7 Å². The summed E-state index contributed by atoms with van der Waals surface area (Å²) < 4.78 is 0. The Labute approximate surface area is 82.7 Å². The van der Waals surface area contributed by atoms with Crippen LogP contribution >= 0.6 is 0 Å². The fourth-order valence-electron chi connectivity index (χ4n) is 1.57. The smallest absolute Gasteiger partial charge is 0.0348 e. The van der Waals surface area contributed by atoms with Crippen LogP contribution in [0.4, 0.5) is 0 Å². The molecule has 13 heavy (non-hydrogen) atoms. The van der Waals surface area contributed by atoms with Crippen LogP contribution in [0.3, 0.4) is 0 Å². The first kappa shape index (κ1) is 10.6. The third-order valence-electron chi connectivity index (χ3n) is 2.40. The van der Waals surface area contributed by atoms with Crippen LogP contribution in [-0.2, 0) is 0 Å². The Balaban J connectivity index is 2.18. The van der Waals surface area contributed by atoms with Crippen LogP contribution in [0.5, 0.6) is 0 Å². The van der Waals surface area contributed by atoms with Gasteiger partial charge in [-0.15, -0.1) is 0 Å². The van der Waals surface area contributed by atoms with E-state index < -0.39 is 0 Å². The van der Waals surface area contributed by atoms with Crippen molar-refractivity contribution < 1.29 is 0 Å². The monoisotopic (exact) mass is 177 g/mol. The SMILES string of the molecule is [CH]1CC/C=C\CCCC/C=C/CC1. The van der Waals surface area contributed by atoms with E-state index in [2.05, 4.69) is 30.7 Å². The molecule has 0 atom stereocenters. The Morgan fingerprint density at radius 2 is 0.923 bits per heavy atom. The van der Waals surface area contributed by atoms with Gasteiger partial charge in [-0.1, -0.05) is 24.3 Å². The molecule has 1 aliphatic rings. The first-order chi connectivity index (χ1) is 6.50. The minimum Gasteiger partial charge on any atom is -0.0885 e. The molecule has 1 rings (SSSR count). The van der Waals surface area contributed by atoms with E-state index in [9.17, 15) is 0 Å².